The molecule has 0 spiro atoms. The number of carbonyl (C=O) groups is 1. The first-order valence-electron chi connectivity index (χ1n) is 10.2. The maximum Gasteiger partial charge on any atom is 0.233 e. The molecule has 6 nitrogen and oxygen atoms in total. The van der Waals surface area contributed by atoms with Crippen LogP contribution in [0.1, 0.15) is 61.9 Å². The fourth-order valence-electron chi connectivity index (χ4n) is 3.89. The summed E-state index contributed by atoms with van der Waals surface area (Å²) in [7, 11) is 1.86. The zero-order valence-electron chi connectivity index (χ0n) is 17.2. The molecule has 1 saturated carbocycles. The predicted molar refractivity (Wildman–Crippen MR) is 118 cm³/mol. The van der Waals surface area contributed by atoms with Crippen molar-refractivity contribution in [3.63, 3.8) is 0 Å². The number of benzene rings is 1. The summed E-state index contributed by atoms with van der Waals surface area (Å²) >= 11 is 3.15. The first kappa shape index (κ1) is 20.3. The molecule has 1 aliphatic carbocycles. The standard InChI is InChI=1S/C21H27N5OS2/c1-14(20-22-17-11-7-8-12-18(17)29-20)25(3)19(27)13-28-21-24-23-15(2)26(21)16-9-5-4-6-10-16/h7-8,11-12,14,16H,4-6,9-10,13H2,1-3H3. The average molecular weight is 430 g/mol. The van der Waals surface area contributed by atoms with Crippen LogP contribution in [0.2, 0.25) is 0 Å². The second-order valence-corrected chi connectivity index (χ2v) is 9.69. The van der Waals surface area contributed by atoms with Gasteiger partial charge >= 0.3 is 0 Å². The van der Waals surface area contributed by atoms with E-state index in [2.05, 4.69) is 20.8 Å². The molecule has 2 heterocycles. The van der Waals surface area contributed by atoms with Crippen LogP contribution in [0, 0.1) is 6.92 Å². The summed E-state index contributed by atoms with van der Waals surface area (Å²) in [5.41, 5.74) is 0.991. The summed E-state index contributed by atoms with van der Waals surface area (Å²) in [4.78, 5) is 19.4. The van der Waals surface area contributed by atoms with Crippen molar-refractivity contribution in [2.75, 3.05) is 12.8 Å². The van der Waals surface area contributed by atoms with Gasteiger partial charge in [-0.05, 0) is 38.8 Å². The zero-order valence-corrected chi connectivity index (χ0v) is 18.8. The van der Waals surface area contributed by atoms with Crippen LogP contribution in [0.25, 0.3) is 10.2 Å². The molecule has 0 aliphatic heterocycles. The van der Waals surface area contributed by atoms with E-state index in [0.717, 1.165) is 26.2 Å². The van der Waals surface area contributed by atoms with E-state index in [1.54, 1.807) is 16.2 Å². The van der Waals surface area contributed by atoms with Gasteiger partial charge in [0.15, 0.2) is 5.16 Å². The predicted octanol–water partition coefficient (Wildman–Crippen LogP) is 5.01. The number of carbonyl (C=O) groups excluding carboxylic acids is 1. The van der Waals surface area contributed by atoms with E-state index in [-0.39, 0.29) is 11.9 Å². The molecule has 1 amide bonds. The van der Waals surface area contributed by atoms with Crippen LogP contribution in [0.5, 0.6) is 0 Å². The first-order chi connectivity index (χ1) is 14.0. The average Bonchev–Trinajstić information content (AvgIpc) is 3.34. The molecule has 3 aromatic rings. The lowest BCUT2D eigenvalue weighted by Crippen LogP contribution is -2.31. The number of thioether (sulfide) groups is 1. The van der Waals surface area contributed by atoms with Crippen molar-refractivity contribution in [2.24, 2.45) is 0 Å². The number of para-hydroxylation sites is 1. The van der Waals surface area contributed by atoms with Gasteiger partial charge in [0.1, 0.15) is 10.8 Å². The SMILES string of the molecule is Cc1nnc(SCC(=O)N(C)C(C)c2nc3ccccc3s2)n1C1CCCCC1. The van der Waals surface area contributed by atoms with Gasteiger partial charge in [0.05, 0.1) is 22.0 Å². The number of nitrogens with zero attached hydrogens (tertiary/aromatic N) is 5. The highest BCUT2D eigenvalue weighted by Crippen LogP contribution is 2.33. The second kappa shape index (κ2) is 8.83. The van der Waals surface area contributed by atoms with E-state index in [4.69, 9.17) is 4.98 Å². The highest BCUT2D eigenvalue weighted by Gasteiger charge is 2.24. The molecular formula is C21H27N5OS2. The summed E-state index contributed by atoms with van der Waals surface area (Å²) in [5, 5.41) is 10.5. The minimum atomic E-state index is -0.0570. The minimum absolute atomic E-state index is 0.0570. The van der Waals surface area contributed by atoms with Crippen LogP contribution in [0.3, 0.4) is 0 Å². The van der Waals surface area contributed by atoms with Gasteiger partial charge in [-0.2, -0.15) is 0 Å². The normalized spacial score (nSPS) is 16.2. The number of amides is 1. The van der Waals surface area contributed by atoms with Crippen molar-refractivity contribution in [3.8, 4) is 0 Å². The maximum atomic E-state index is 12.9. The summed E-state index contributed by atoms with van der Waals surface area (Å²) in [6.07, 6.45) is 6.18. The lowest BCUT2D eigenvalue weighted by atomic mass is 9.95. The lowest BCUT2D eigenvalue weighted by molar-refractivity contribution is -0.128. The molecule has 1 aromatic carbocycles. The molecule has 1 fully saturated rings. The fraction of sp³-hybridized carbons (Fsp3) is 0.524. The summed E-state index contributed by atoms with van der Waals surface area (Å²) < 4.78 is 3.40. The van der Waals surface area contributed by atoms with E-state index in [9.17, 15) is 4.79 Å². The topological polar surface area (TPSA) is 63.9 Å². The Bertz CT molecular complexity index is 959. The largest absolute Gasteiger partial charge is 0.336 e. The number of aromatic nitrogens is 4. The number of thiazole rings is 1. The van der Waals surface area contributed by atoms with E-state index in [0.29, 0.717) is 11.8 Å². The van der Waals surface area contributed by atoms with E-state index >= 15 is 0 Å². The molecule has 1 atom stereocenters. The molecule has 0 bridgehead atoms. The minimum Gasteiger partial charge on any atom is -0.336 e. The monoisotopic (exact) mass is 429 g/mol. The van der Waals surface area contributed by atoms with Crippen molar-refractivity contribution in [3.05, 3.63) is 35.1 Å². The van der Waals surface area contributed by atoms with Gasteiger partial charge in [0.2, 0.25) is 5.91 Å². The van der Waals surface area contributed by atoms with Crippen LogP contribution >= 0.6 is 23.1 Å². The molecule has 154 valence electrons. The highest BCUT2D eigenvalue weighted by atomic mass is 32.2. The molecular weight excluding hydrogens is 402 g/mol. The van der Waals surface area contributed by atoms with Crippen LogP contribution in [-0.2, 0) is 4.79 Å². The molecule has 1 unspecified atom stereocenters. The lowest BCUT2D eigenvalue weighted by Gasteiger charge is -2.25. The molecule has 0 N–H and O–H groups in total. The van der Waals surface area contributed by atoms with Gasteiger partial charge in [-0.25, -0.2) is 4.98 Å². The van der Waals surface area contributed by atoms with Crippen molar-refractivity contribution in [1.82, 2.24) is 24.6 Å². The Morgan fingerprint density at radius 2 is 2.03 bits per heavy atom. The van der Waals surface area contributed by atoms with Gasteiger partial charge in [-0.3, -0.25) is 4.79 Å². The van der Waals surface area contributed by atoms with Gasteiger partial charge in [-0.1, -0.05) is 43.2 Å². The fourth-order valence-corrected chi connectivity index (χ4v) is 5.92. The summed E-state index contributed by atoms with van der Waals surface area (Å²) in [6, 6.07) is 8.51. The molecule has 0 saturated heterocycles. The van der Waals surface area contributed by atoms with Crippen LogP contribution in [0.4, 0.5) is 0 Å². The number of aryl methyl sites for hydroxylation is 1. The maximum absolute atomic E-state index is 12.9. The molecule has 4 rings (SSSR count). The third-order valence-corrected chi connectivity index (χ3v) is 7.88. The van der Waals surface area contributed by atoms with Gasteiger partial charge < -0.3 is 9.47 Å². The highest BCUT2D eigenvalue weighted by molar-refractivity contribution is 7.99. The molecule has 8 heteroatoms. The number of rotatable bonds is 6. The smallest absolute Gasteiger partial charge is 0.233 e. The van der Waals surface area contributed by atoms with Gasteiger partial charge in [0.25, 0.3) is 0 Å². The van der Waals surface area contributed by atoms with Crippen molar-refractivity contribution in [2.45, 2.75) is 63.2 Å². The number of hydrogen-bond acceptors (Lipinski definition) is 6. The Morgan fingerprint density at radius 1 is 1.28 bits per heavy atom. The number of fused-ring (bicyclic) bond motifs is 1. The van der Waals surface area contributed by atoms with Crippen LogP contribution < -0.4 is 0 Å². The molecule has 2 aromatic heterocycles. The zero-order chi connectivity index (χ0) is 20.4. The molecule has 0 radical (unpaired) electrons. The molecule has 1 aliphatic rings. The Balaban J connectivity index is 1.41. The Kier molecular flexibility index (Phi) is 6.20. The molecule has 29 heavy (non-hydrogen) atoms. The van der Waals surface area contributed by atoms with E-state index in [1.165, 1.54) is 43.9 Å². The third-order valence-electron chi connectivity index (χ3n) is 5.74. The van der Waals surface area contributed by atoms with Crippen LogP contribution in [-0.4, -0.2) is 43.4 Å². The second-order valence-electron chi connectivity index (χ2n) is 7.68. The summed E-state index contributed by atoms with van der Waals surface area (Å²) in [6.45, 7) is 4.05. The van der Waals surface area contributed by atoms with Crippen molar-refractivity contribution < 1.29 is 4.79 Å². The van der Waals surface area contributed by atoms with Crippen molar-refractivity contribution in [1.29, 1.82) is 0 Å². The Morgan fingerprint density at radius 3 is 2.79 bits per heavy atom. The van der Waals surface area contributed by atoms with E-state index in [1.807, 2.05) is 39.1 Å². The van der Waals surface area contributed by atoms with E-state index < -0.39 is 0 Å². The third kappa shape index (κ3) is 4.33. The Hall–Kier alpha value is -1.93. The summed E-state index contributed by atoms with van der Waals surface area (Å²) in [5.74, 6) is 1.39. The van der Waals surface area contributed by atoms with Gasteiger partial charge in [0, 0.05) is 13.1 Å². The Labute approximate surface area is 179 Å². The van der Waals surface area contributed by atoms with Crippen LogP contribution in [0.15, 0.2) is 29.4 Å². The quantitative estimate of drug-likeness (QED) is 0.515. The number of hydrogen-bond donors (Lipinski definition) is 0. The van der Waals surface area contributed by atoms with Crippen molar-refractivity contribution >= 4 is 39.2 Å². The first-order valence-corrected chi connectivity index (χ1v) is 12.0. The van der Waals surface area contributed by atoms with Gasteiger partial charge in [-0.15, -0.1) is 21.5 Å².